The summed E-state index contributed by atoms with van der Waals surface area (Å²) in [5, 5.41) is 7.17. The van der Waals surface area contributed by atoms with Crippen molar-refractivity contribution >= 4 is 92.2 Å². The summed E-state index contributed by atoms with van der Waals surface area (Å²) >= 11 is 1.85. The van der Waals surface area contributed by atoms with Crippen LogP contribution in [0.25, 0.3) is 92.1 Å². The van der Waals surface area contributed by atoms with Crippen molar-refractivity contribution in [2.75, 3.05) is 4.90 Å². The molecule has 5 heteroatoms. The Morgan fingerprint density at radius 3 is 1.84 bits per heavy atom. The number of nitrogens with zero attached hydrogens (tertiary/aromatic N) is 3. The Balaban J connectivity index is 1.03. The number of para-hydroxylation sites is 2. The lowest BCUT2D eigenvalue weighted by Crippen LogP contribution is -2.09. The molecule has 0 amide bonds. The smallest absolute Gasteiger partial charge is 0.227 e. The van der Waals surface area contributed by atoms with Gasteiger partial charge in [0.15, 0.2) is 5.58 Å². The topological polar surface area (TPSA) is 34.2 Å². The summed E-state index contributed by atoms with van der Waals surface area (Å²) in [6.07, 6.45) is 0. The molecule has 12 aromatic rings. The van der Waals surface area contributed by atoms with Crippen LogP contribution in [0.15, 0.2) is 205 Å². The van der Waals surface area contributed by atoms with Crippen LogP contribution in [0.1, 0.15) is 0 Å². The average Bonchev–Trinajstić information content (AvgIpc) is 3.99. The van der Waals surface area contributed by atoms with E-state index < -0.39 is 0 Å². The molecule has 0 bridgehead atoms. The van der Waals surface area contributed by atoms with E-state index in [2.05, 4.69) is 179 Å². The van der Waals surface area contributed by atoms with E-state index in [1.807, 2.05) is 41.7 Å². The third-order valence-electron chi connectivity index (χ3n) is 11.4. The van der Waals surface area contributed by atoms with E-state index in [1.54, 1.807) is 0 Å². The molecular formula is C53H33N3OS. The Morgan fingerprint density at radius 1 is 0.431 bits per heavy atom. The first-order chi connectivity index (χ1) is 28.7. The van der Waals surface area contributed by atoms with E-state index in [4.69, 9.17) is 9.40 Å². The molecule has 58 heavy (non-hydrogen) atoms. The fourth-order valence-corrected chi connectivity index (χ4v) is 9.83. The highest BCUT2D eigenvalue weighted by Crippen LogP contribution is 2.44. The molecule has 0 saturated carbocycles. The van der Waals surface area contributed by atoms with Crippen LogP contribution in [-0.2, 0) is 0 Å². The van der Waals surface area contributed by atoms with Crippen LogP contribution >= 0.6 is 11.3 Å². The van der Waals surface area contributed by atoms with Gasteiger partial charge in [0.1, 0.15) is 5.52 Å². The molecule has 0 aliphatic rings. The van der Waals surface area contributed by atoms with Crippen LogP contribution in [-0.4, -0.2) is 9.55 Å². The van der Waals surface area contributed by atoms with E-state index in [0.717, 1.165) is 61.3 Å². The molecule has 272 valence electrons. The highest BCUT2D eigenvalue weighted by atomic mass is 32.1. The minimum atomic E-state index is 0.628. The first-order valence-corrected chi connectivity index (χ1v) is 20.4. The molecule has 0 saturated heterocycles. The Bertz CT molecular complexity index is 3510. The number of aromatic nitrogens is 2. The van der Waals surface area contributed by atoms with Gasteiger partial charge in [-0.1, -0.05) is 109 Å². The molecular weight excluding hydrogens is 727 g/mol. The summed E-state index contributed by atoms with van der Waals surface area (Å²) in [6.45, 7) is 0. The third kappa shape index (κ3) is 5.18. The average molecular weight is 760 g/mol. The molecule has 0 N–H and O–H groups in total. The van der Waals surface area contributed by atoms with E-state index in [-0.39, 0.29) is 0 Å². The Morgan fingerprint density at radius 2 is 1.03 bits per heavy atom. The van der Waals surface area contributed by atoms with Gasteiger partial charge in [-0.2, -0.15) is 0 Å². The van der Waals surface area contributed by atoms with E-state index in [9.17, 15) is 0 Å². The summed E-state index contributed by atoms with van der Waals surface area (Å²) in [5.74, 6) is 0.628. The number of anilines is 3. The van der Waals surface area contributed by atoms with Crippen molar-refractivity contribution in [2.45, 2.75) is 0 Å². The van der Waals surface area contributed by atoms with E-state index in [1.165, 1.54) is 42.0 Å². The number of oxazole rings is 1. The summed E-state index contributed by atoms with van der Waals surface area (Å²) in [6, 6.07) is 71.6. The number of thiophene rings is 1. The molecule has 0 radical (unpaired) electrons. The quantitative estimate of drug-likeness (QED) is 0.169. The molecule has 0 atom stereocenters. The van der Waals surface area contributed by atoms with Crippen LogP contribution in [0.5, 0.6) is 0 Å². The van der Waals surface area contributed by atoms with Crippen molar-refractivity contribution < 1.29 is 4.42 Å². The predicted octanol–water partition coefficient (Wildman–Crippen LogP) is 15.2. The fraction of sp³-hybridized carbons (Fsp3) is 0. The number of benzene rings is 9. The van der Waals surface area contributed by atoms with Gasteiger partial charge < -0.3 is 13.9 Å². The number of hydrogen-bond donors (Lipinski definition) is 0. The zero-order chi connectivity index (χ0) is 38.2. The molecule has 0 aliphatic heterocycles. The zero-order valence-electron chi connectivity index (χ0n) is 31.2. The summed E-state index contributed by atoms with van der Waals surface area (Å²) in [7, 11) is 0. The molecule has 9 aromatic carbocycles. The van der Waals surface area contributed by atoms with Gasteiger partial charge in [0.05, 0.1) is 11.0 Å². The lowest BCUT2D eigenvalue weighted by Gasteiger charge is -2.26. The van der Waals surface area contributed by atoms with Crippen LogP contribution < -0.4 is 4.90 Å². The van der Waals surface area contributed by atoms with E-state index >= 15 is 0 Å². The molecule has 3 heterocycles. The number of hydrogen-bond acceptors (Lipinski definition) is 4. The lowest BCUT2D eigenvalue weighted by molar-refractivity contribution is 0.623. The van der Waals surface area contributed by atoms with E-state index in [0.29, 0.717) is 5.89 Å². The Labute approximate surface area is 338 Å². The van der Waals surface area contributed by atoms with Gasteiger partial charge in [-0.3, -0.25) is 0 Å². The molecule has 0 aliphatic carbocycles. The van der Waals surface area contributed by atoms with Crippen LogP contribution in [0.3, 0.4) is 0 Å². The maximum atomic E-state index is 6.42. The van der Waals surface area contributed by atoms with Crippen molar-refractivity contribution in [1.82, 2.24) is 9.55 Å². The first-order valence-electron chi connectivity index (χ1n) is 19.5. The minimum absolute atomic E-state index is 0.628. The minimum Gasteiger partial charge on any atom is -0.435 e. The molecule has 0 spiro atoms. The Hall–Kier alpha value is -7.47. The Kier molecular flexibility index (Phi) is 7.37. The number of fused-ring (bicyclic) bond motifs is 9. The number of rotatable bonds is 6. The second-order valence-electron chi connectivity index (χ2n) is 14.8. The molecule has 4 nitrogen and oxygen atoms in total. The summed E-state index contributed by atoms with van der Waals surface area (Å²) < 4.78 is 11.4. The second-order valence-corrected chi connectivity index (χ2v) is 15.8. The molecule has 12 rings (SSSR count). The van der Waals surface area contributed by atoms with Crippen molar-refractivity contribution in [3.05, 3.63) is 200 Å². The van der Waals surface area contributed by atoms with Gasteiger partial charge in [-0.15, -0.1) is 11.3 Å². The maximum Gasteiger partial charge on any atom is 0.227 e. The lowest BCUT2D eigenvalue weighted by atomic mass is 9.97. The van der Waals surface area contributed by atoms with Crippen molar-refractivity contribution in [3.63, 3.8) is 0 Å². The monoisotopic (exact) mass is 759 g/mol. The predicted molar refractivity (Wildman–Crippen MR) is 244 cm³/mol. The summed E-state index contributed by atoms with van der Waals surface area (Å²) in [5.41, 5.74) is 11.6. The summed E-state index contributed by atoms with van der Waals surface area (Å²) in [4.78, 5) is 7.38. The molecule has 0 fully saturated rings. The van der Waals surface area contributed by atoms with Crippen molar-refractivity contribution in [1.29, 1.82) is 0 Å². The second kappa shape index (κ2) is 13.1. The van der Waals surface area contributed by atoms with Gasteiger partial charge in [0, 0.05) is 64.6 Å². The third-order valence-corrected chi connectivity index (χ3v) is 12.6. The van der Waals surface area contributed by atoms with Gasteiger partial charge in [0.25, 0.3) is 0 Å². The van der Waals surface area contributed by atoms with Crippen LogP contribution in [0.4, 0.5) is 17.1 Å². The van der Waals surface area contributed by atoms with Crippen LogP contribution in [0.2, 0.25) is 0 Å². The SMILES string of the molecule is c1ccc(-c2nc3cc(-c4ccc(N(c5ccc6sc7ccccc7c6c5)c5ccc6c(c5)c5ccccc5n6-c5ccccc5)cc4)c4ccccc4c3o2)cc1. The first kappa shape index (κ1) is 32.7. The van der Waals surface area contributed by atoms with Crippen LogP contribution in [0, 0.1) is 0 Å². The van der Waals surface area contributed by atoms with Crippen molar-refractivity contribution in [2.24, 2.45) is 0 Å². The van der Waals surface area contributed by atoms with Gasteiger partial charge in [-0.25, -0.2) is 4.98 Å². The fourth-order valence-electron chi connectivity index (χ4n) is 8.74. The molecule has 3 aromatic heterocycles. The zero-order valence-corrected chi connectivity index (χ0v) is 32.0. The van der Waals surface area contributed by atoms with Crippen molar-refractivity contribution in [3.8, 4) is 28.3 Å². The largest absolute Gasteiger partial charge is 0.435 e. The highest BCUT2D eigenvalue weighted by Gasteiger charge is 2.20. The van der Waals surface area contributed by atoms with Gasteiger partial charge in [-0.05, 0) is 108 Å². The van der Waals surface area contributed by atoms with Gasteiger partial charge in [0.2, 0.25) is 5.89 Å². The normalized spacial score (nSPS) is 11.8. The molecule has 0 unspecified atom stereocenters. The van der Waals surface area contributed by atoms with Gasteiger partial charge >= 0.3 is 0 Å². The maximum absolute atomic E-state index is 6.42. The standard InChI is InChI=1S/C53H33N3OS/c1-3-13-35(14-4-1)53-54-47-33-44(40-17-7-8-20-43(40)52(47)57-53)34-23-25-37(26-24-34)55(39-28-30-51-46(32-39)42-19-10-12-22-50(42)58-51)38-27-29-49-45(31-38)41-18-9-11-21-48(41)56(49)36-15-5-2-6-16-36/h1-33H. The highest BCUT2D eigenvalue weighted by molar-refractivity contribution is 7.25.